The Balaban J connectivity index is 2.45. The van der Waals surface area contributed by atoms with Crippen LogP contribution in [0.1, 0.15) is 0 Å². The molecule has 5 heteroatoms. The zero-order valence-electron chi connectivity index (χ0n) is 10.2. The summed E-state index contributed by atoms with van der Waals surface area (Å²) in [5.74, 6) is 2.20. The van der Waals surface area contributed by atoms with Gasteiger partial charge in [0, 0.05) is 26.2 Å². The topological polar surface area (TPSA) is 56.3 Å². The SMILES string of the molecule is COc1cccc(-n2nc(N(C)C)cc2N)c1. The minimum absolute atomic E-state index is 0.599. The van der Waals surface area contributed by atoms with E-state index in [2.05, 4.69) is 5.10 Å². The predicted octanol–water partition coefficient (Wildman–Crippen LogP) is 1.53. The van der Waals surface area contributed by atoms with Crippen LogP contribution < -0.4 is 15.4 Å². The van der Waals surface area contributed by atoms with Crippen LogP contribution in [0.4, 0.5) is 11.6 Å². The summed E-state index contributed by atoms with van der Waals surface area (Å²) in [6.45, 7) is 0. The fourth-order valence-corrected chi connectivity index (χ4v) is 1.55. The van der Waals surface area contributed by atoms with Gasteiger partial charge in [-0.05, 0) is 12.1 Å². The maximum atomic E-state index is 5.94. The van der Waals surface area contributed by atoms with E-state index in [0.29, 0.717) is 5.82 Å². The predicted molar refractivity (Wildman–Crippen MR) is 68.9 cm³/mol. The first-order valence-corrected chi connectivity index (χ1v) is 5.29. The number of rotatable bonds is 3. The van der Waals surface area contributed by atoms with Crippen LogP contribution >= 0.6 is 0 Å². The maximum absolute atomic E-state index is 5.94. The lowest BCUT2D eigenvalue weighted by Crippen LogP contribution is -2.10. The van der Waals surface area contributed by atoms with Gasteiger partial charge < -0.3 is 15.4 Å². The molecule has 1 heterocycles. The molecule has 0 atom stereocenters. The van der Waals surface area contributed by atoms with Gasteiger partial charge in [0.15, 0.2) is 5.82 Å². The van der Waals surface area contributed by atoms with Crippen LogP contribution in [0, 0.1) is 0 Å². The fraction of sp³-hybridized carbons (Fsp3) is 0.250. The van der Waals surface area contributed by atoms with Gasteiger partial charge in [-0.2, -0.15) is 0 Å². The summed E-state index contributed by atoms with van der Waals surface area (Å²) < 4.78 is 6.87. The first kappa shape index (κ1) is 11.3. The van der Waals surface area contributed by atoms with Gasteiger partial charge in [0.2, 0.25) is 0 Å². The number of hydrogen-bond acceptors (Lipinski definition) is 4. The molecular formula is C12H16N4O. The summed E-state index contributed by atoms with van der Waals surface area (Å²) >= 11 is 0. The van der Waals surface area contributed by atoms with Gasteiger partial charge >= 0.3 is 0 Å². The average Bonchev–Trinajstić information content (AvgIpc) is 2.72. The monoisotopic (exact) mass is 232 g/mol. The minimum Gasteiger partial charge on any atom is -0.497 e. The molecule has 2 rings (SSSR count). The number of nitrogens with two attached hydrogens (primary N) is 1. The Hall–Kier alpha value is -2.17. The van der Waals surface area contributed by atoms with Crippen LogP contribution in [0.15, 0.2) is 30.3 Å². The maximum Gasteiger partial charge on any atom is 0.152 e. The molecule has 0 radical (unpaired) electrons. The second-order valence-corrected chi connectivity index (χ2v) is 3.94. The normalized spacial score (nSPS) is 10.3. The van der Waals surface area contributed by atoms with Crippen molar-refractivity contribution in [1.29, 1.82) is 0 Å². The number of aromatic nitrogens is 2. The van der Waals surface area contributed by atoms with Gasteiger partial charge in [0.1, 0.15) is 11.6 Å². The van der Waals surface area contributed by atoms with Crippen molar-refractivity contribution in [2.45, 2.75) is 0 Å². The third-order valence-corrected chi connectivity index (χ3v) is 2.48. The summed E-state index contributed by atoms with van der Waals surface area (Å²) in [6, 6.07) is 9.45. The Morgan fingerprint density at radius 1 is 1.29 bits per heavy atom. The molecule has 1 aromatic carbocycles. The molecule has 5 nitrogen and oxygen atoms in total. The van der Waals surface area contributed by atoms with Crippen molar-refractivity contribution < 1.29 is 4.74 Å². The summed E-state index contributed by atoms with van der Waals surface area (Å²) in [5.41, 5.74) is 6.82. The summed E-state index contributed by atoms with van der Waals surface area (Å²) in [5, 5.41) is 4.42. The van der Waals surface area contributed by atoms with Crippen molar-refractivity contribution in [1.82, 2.24) is 9.78 Å². The lowest BCUT2D eigenvalue weighted by Gasteiger charge is -2.07. The molecule has 0 amide bonds. The molecule has 0 aliphatic carbocycles. The Labute approximate surface area is 100 Å². The molecule has 0 fully saturated rings. The molecule has 0 saturated heterocycles. The van der Waals surface area contributed by atoms with Gasteiger partial charge in [-0.3, -0.25) is 0 Å². The van der Waals surface area contributed by atoms with E-state index < -0.39 is 0 Å². The van der Waals surface area contributed by atoms with E-state index in [1.54, 1.807) is 11.8 Å². The minimum atomic E-state index is 0.599. The van der Waals surface area contributed by atoms with Crippen molar-refractivity contribution in [3.05, 3.63) is 30.3 Å². The van der Waals surface area contributed by atoms with E-state index in [1.807, 2.05) is 49.3 Å². The van der Waals surface area contributed by atoms with Gasteiger partial charge in [-0.15, -0.1) is 5.10 Å². The lowest BCUT2D eigenvalue weighted by molar-refractivity contribution is 0.414. The number of benzene rings is 1. The van der Waals surface area contributed by atoms with Crippen LogP contribution in [0.2, 0.25) is 0 Å². The quantitative estimate of drug-likeness (QED) is 0.872. The van der Waals surface area contributed by atoms with Crippen LogP contribution in [0.5, 0.6) is 5.75 Å². The Kier molecular flexibility index (Phi) is 2.91. The van der Waals surface area contributed by atoms with Crippen LogP contribution in [0.25, 0.3) is 5.69 Å². The van der Waals surface area contributed by atoms with E-state index >= 15 is 0 Å². The van der Waals surface area contributed by atoms with Gasteiger partial charge in [0.05, 0.1) is 12.8 Å². The van der Waals surface area contributed by atoms with Crippen LogP contribution in [-0.4, -0.2) is 31.0 Å². The number of ether oxygens (including phenoxy) is 1. The molecule has 2 N–H and O–H groups in total. The number of hydrogen-bond donors (Lipinski definition) is 1. The summed E-state index contributed by atoms with van der Waals surface area (Å²) in [4.78, 5) is 1.91. The second-order valence-electron chi connectivity index (χ2n) is 3.94. The Morgan fingerprint density at radius 3 is 2.65 bits per heavy atom. The molecule has 0 bridgehead atoms. The summed E-state index contributed by atoms with van der Waals surface area (Å²) in [7, 11) is 5.49. The van der Waals surface area contributed by atoms with Gasteiger partial charge in [0.25, 0.3) is 0 Å². The Morgan fingerprint density at radius 2 is 2.06 bits per heavy atom. The lowest BCUT2D eigenvalue weighted by atomic mass is 10.3. The van der Waals surface area contributed by atoms with Crippen molar-refractivity contribution in [2.75, 3.05) is 31.8 Å². The highest BCUT2D eigenvalue weighted by Gasteiger charge is 2.08. The molecule has 0 aliphatic rings. The molecule has 2 aromatic rings. The molecule has 17 heavy (non-hydrogen) atoms. The molecule has 0 spiro atoms. The molecule has 90 valence electrons. The van der Waals surface area contributed by atoms with Gasteiger partial charge in [-0.25, -0.2) is 4.68 Å². The standard InChI is InChI=1S/C12H16N4O/c1-15(2)12-8-11(13)16(14-12)9-5-4-6-10(7-9)17-3/h4-8H,13H2,1-3H3. The highest BCUT2D eigenvalue weighted by atomic mass is 16.5. The van der Waals surface area contributed by atoms with Crippen LogP contribution in [0.3, 0.4) is 0 Å². The highest BCUT2D eigenvalue weighted by molar-refractivity contribution is 5.52. The Bertz CT molecular complexity index is 519. The number of anilines is 2. The van der Waals surface area contributed by atoms with E-state index in [-0.39, 0.29) is 0 Å². The average molecular weight is 232 g/mol. The third-order valence-electron chi connectivity index (χ3n) is 2.48. The molecule has 0 saturated carbocycles. The fourth-order valence-electron chi connectivity index (χ4n) is 1.55. The van der Waals surface area contributed by atoms with E-state index in [0.717, 1.165) is 17.3 Å². The van der Waals surface area contributed by atoms with Crippen molar-refractivity contribution in [3.8, 4) is 11.4 Å². The number of nitrogen functional groups attached to an aromatic ring is 1. The van der Waals surface area contributed by atoms with Gasteiger partial charge in [-0.1, -0.05) is 6.07 Å². The van der Waals surface area contributed by atoms with E-state index in [9.17, 15) is 0 Å². The molecular weight excluding hydrogens is 216 g/mol. The molecule has 0 aliphatic heterocycles. The smallest absolute Gasteiger partial charge is 0.152 e. The van der Waals surface area contributed by atoms with Crippen molar-refractivity contribution >= 4 is 11.6 Å². The zero-order chi connectivity index (χ0) is 12.4. The van der Waals surface area contributed by atoms with Crippen LogP contribution in [-0.2, 0) is 0 Å². The number of methoxy groups -OCH3 is 1. The highest BCUT2D eigenvalue weighted by Crippen LogP contribution is 2.21. The van der Waals surface area contributed by atoms with Crippen molar-refractivity contribution in [2.24, 2.45) is 0 Å². The largest absolute Gasteiger partial charge is 0.497 e. The van der Waals surface area contributed by atoms with E-state index in [4.69, 9.17) is 10.5 Å². The molecule has 0 unspecified atom stereocenters. The second kappa shape index (κ2) is 4.37. The first-order chi connectivity index (χ1) is 8.11. The first-order valence-electron chi connectivity index (χ1n) is 5.29. The zero-order valence-corrected chi connectivity index (χ0v) is 10.2. The van der Waals surface area contributed by atoms with E-state index in [1.165, 1.54) is 0 Å². The summed E-state index contributed by atoms with van der Waals surface area (Å²) in [6.07, 6.45) is 0. The van der Waals surface area contributed by atoms with Crippen molar-refractivity contribution in [3.63, 3.8) is 0 Å². The third kappa shape index (κ3) is 2.18. The molecule has 1 aromatic heterocycles. The number of nitrogens with zero attached hydrogens (tertiary/aromatic N) is 3.